The minimum Gasteiger partial charge on any atom is -0.491 e. The Labute approximate surface area is 159 Å². The number of aromatic amines is 1. The second-order valence-electron chi connectivity index (χ2n) is 7.13. The van der Waals surface area contributed by atoms with Crippen LogP contribution in [0.25, 0.3) is 22.4 Å². The van der Waals surface area contributed by atoms with Gasteiger partial charge in [-0.1, -0.05) is 0 Å². The lowest BCUT2D eigenvalue weighted by molar-refractivity contribution is 0.201. The van der Waals surface area contributed by atoms with E-state index in [2.05, 4.69) is 40.9 Å². The summed E-state index contributed by atoms with van der Waals surface area (Å²) in [4.78, 5) is 13.1. The summed E-state index contributed by atoms with van der Waals surface area (Å²) in [7, 11) is 2.17. The zero-order valence-electron chi connectivity index (χ0n) is 15.9. The van der Waals surface area contributed by atoms with Gasteiger partial charge in [-0.25, -0.2) is 4.98 Å². The molecule has 0 bridgehead atoms. The summed E-state index contributed by atoms with van der Waals surface area (Å²) >= 11 is 0. The van der Waals surface area contributed by atoms with Gasteiger partial charge in [-0.15, -0.1) is 0 Å². The quantitative estimate of drug-likeness (QED) is 0.727. The van der Waals surface area contributed by atoms with Crippen LogP contribution in [0.15, 0.2) is 36.4 Å². The lowest BCUT2D eigenvalue weighted by atomic mass is 10.1. The highest BCUT2D eigenvalue weighted by molar-refractivity contribution is 5.86. The third kappa shape index (κ3) is 3.77. The first-order valence-corrected chi connectivity index (χ1v) is 9.42. The Hall–Kier alpha value is -2.57. The topological polar surface area (TPSA) is 64.6 Å². The monoisotopic (exact) mass is 366 g/mol. The summed E-state index contributed by atoms with van der Waals surface area (Å²) < 4.78 is 5.42. The Balaban J connectivity index is 1.61. The van der Waals surface area contributed by atoms with Crippen LogP contribution in [-0.4, -0.2) is 66.4 Å². The number of rotatable bonds is 5. The fraction of sp³-hybridized carbons (Fsp3) is 0.381. The van der Waals surface area contributed by atoms with Gasteiger partial charge in [0.2, 0.25) is 0 Å². The minimum atomic E-state index is 0.0141. The number of H-pyrrole nitrogens is 1. The molecule has 142 valence electrons. The highest BCUT2D eigenvalue weighted by atomic mass is 16.5. The van der Waals surface area contributed by atoms with Crippen LogP contribution >= 0.6 is 0 Å². The van der Waals surface area contributed by atoms with Crippen molar-refractivity contribution in [2.75, 3.05) is 51.3 Å². The Kier molecular flexibility index (Phi) is 5.01. The van der Waals surface area contributed by atoms with Crippen molar-refractivity contribution in [3.05, 3.63) is 42.0 Å². The molecule has 1 aromatic heterocycles. The molecule has 0 atom stereocenters. The fourth-order valence-electron chi connectivity index (χ4n) is 3.53. The second-order valence-corrected chi connectivity index (χ2v) is 7.13. The number of nitrogens with one attached hydrogen (secondary N) is 1. The van der Waals surface area contributed by atoms with E-state index in [1.165, 1.54) is 11.3 Å². The van der Waals surface area contributed by atoms with Crippen molar-refractivity contribution in [2.45, 2.75) is 6.92 Å². The van der Waals surface area contributed by atoms with Gasteiger partial charge in [0.1, 0.15) is 18.2 Å². The fourth-order valence-corrected chi connectivity index (χ4v) is 3.53. The molecule has 0 spiro atoms. The van der Waals surface area contributed by atoms with Crippen LogP contribution in [0.3, 0.4) is 0 Å². The first-order valence-electron chi connectivity index (χ1n) is 9.42. The summed E-state index contributed by atoms with van der Waals surface area (Å²) in [5.74, 6) is 1.61. The van der Waals surface area contributed by atoms with Crippen LogP contribution in [-0.2, 0) is 0 Å². The van der Waals surface area contributed by atoms with E-state index in [0.29, 0.717) is 6.61 Å². The summed E-state index contributed by atoms with van der Waals surface area (Å²) in [6, 6.07) is 12.2. The smallest absolute Gasteiger partial charge is 0.138 e. The van der Waals surface area contributed by atoms with Gasteiger partial charge in [-0.05, 0) is 55.9 Å². The first-order chi connectivity index (χ1) is 13.1. The van der Waals surface area contributed by atoms with E-state index in [4.69, 9.17) is 14.8 Å². The molecule has 2 heterocycles. The Morgan fingerprint density at radius 1 is 1.11 bits per heavy atom. The molecule has 27 heavy (non-hydrogen) atoms. The molecule has 0 saturated carbocycles. The number of imidazole rings is 1. The third-order valence-corrected chi connectivity index (χ3v) is 5.12. The van der Waals surface area contributed by atoms with E-state index in [0.717, 1.165) is 54.3 Å². The maximum absolute atomic E-state index is 8.85. The number of anilines is 1. The molecule has 3 aromatic rings. The predicted octanol–water partition coefficient (Wildman–Crippen LogP) is 2.66. The summed E-state index contributed by atoms with van der Waals surface area (Å²) in [5, 5.41) is 8.85. The number of aliphatic hydroxyl groups excluding tert-OH is 1. The van der Waals surface area contributed by atoms with Gasteiger partial charge in [-0.2, -0.15) is 0 Å². The number of ether oxygens (including phenoxy) is 1. The van der Waals surface area contributed by atoms with Crippen LogP contribution in [0.4, 0.5) is 5.69 Å². The van der Waals surface area contributed by atoms with Crippen LogP contribution in [0, 0.1) is 6.92 Å². The molecule has 2 aromatic carbocycles. The average molecular weight is 366 g/mol. The maximum Gasteiger partial charge on any atom is 0.138 e. The van der Waals surface area contributed by atoms with E-state index in [1.54, 1.807) is 0 Å². The van der Waals surface area contributed by atoms with Crippen molar-refractivity contribution < 1.29 is 9.84 Å². The van der Waals surface area contributed by atoms with E-state index < -0.39 is 0 Å². The normalized spacial score (nSPS) is 15.4. The molecule has 6 nitrogen and oxygen atoms in total. The lowest BCUT2D eigenvalue weighted by Gasteiger charge is -2.34. The molecule has 6 heteroatoms. The number of hydrogen-bond donors (Lipinski definition) is 2. The molecule has 1 aliphatic rings. The highest BCUT2D eigenvalue weighted by Gasteiger charge is 2.16. The number of likely N-dealkylation sites (N-methyl/N-ethyl adjacent to an activating group) is 1. The summed E-state index contributed by atoms with van der Waals surface area (Å²) in [6.07, 6.45) is 0. The third-order valence-electron chi connectivity index (χ3n) is 5.12. The van der Waals surface area contributed by atoms with E-state index >= 15 is 0 Å². The molecular weight excluding hydrogens is 340 g/mol. The number of fused-ring (bicyclic) bond motifs is 1. The zero-order chi connectivity index (χ0) is 18.8. The van der Waals surface area contributed by atoms with Crippen LogP contribution in [0.2, 0.25) is 0 Å². The van der Waals surface area contributed by atoms with Gasteiger partial charge in [0.25, 0.3) is 0 Å². The number of aliphatic hydroxyl groups is 1. The molecular formula is C21H26N4O2. The van der Waals surface area contributed by atoms with Crippen molar-refractivity contribution in [1.82, 2.24) is 14.9 Å². The van der Waals surface area contributed by atoms with Gasteiger partial charge in [0.05, 0.1) is 17.6 Å². The van der Waals surface area contributed by atoms with E-state index in [9.17, 15) is 0 Å². The zero-order valence-corrected chi connectivity index (χ0v) is 15.9. The van der Waals surface area contributed by atoms with Crippen LogP contribution in [0.1, 0.15) is 5.56 Å². The average Bonchev–Trinajstić information content (AvgIpc) is 3.12. The Morgan fingerprint density at radius 2 is 1.85 bits per heavy atom. The summed E-state index contributed by atoms with van der Waals surface area (Å²) in [5.41, 5.74) is 5.55. The maximum atomic E-state index is 8.85. The van der Waals surface area contributed by atoms with Crippen molar-refractivity contribution in [3.8, 4) is 17.1 Å². The Morgan fingerprint density at radius 3 is 2.56 bits per heavy atom. The summed E-state index contributed by atoms with van der Waals surface area (Å²) in [6.45, 7) is 6.73. The van der Waals surface area contributed by atoms with Crippen molar-refractivity contribution in [1.29, 1.82) is 0 Å². The number of hydrogen-bond acceptors (Lipinski definition) is 5. The van der Waals surface area contributed by atoms with Gasteiger partial charge in [0, 0.05) is 37.4 Å². The van der Waals surface area contributed by atoms with Crippen molar-refractivity contribution in [2.24, 2.45) is 0 Å². The van der Waals surface area contributed by atoms with E-state index in [1.807, 2.05) is 24.3 Å². The minimum absolute atomic E-state index is 0.0141. The molecule has 1 fully saturated rings. The molecule has 0 radical (unpaired) electrons. The van der Waals surface area contributed by atoms with E-state index in [-0.39, 0.29) is 6.61 Å². The number of aryl methyl sites for hydroxylation is 1. The molecule has 2 N–H and O–H groups in total. The number of benzene rings is 2. The standard InChI is InChI=1S/C21H26N4O2/c1-15-13-17(25-9-7-24(2)8-10-25)14-19-20(15)23-21(22-19)16-3-5-18(6-4-16)27-12-11-26/h3-6,13-14,26H,7-12H2,1-2H3,(H,22,23). The molecule has 1 aliphatic heterocycles. The van der Waals surface area contributed by atoms with Crippen LogP contribution in [0.5, 0.6) is 5.75 Å². The van der Waals surface area contributed by atoms with Gasteiger partial charge in [-0.3, -0.25) is 0 Å². The first kappa shape index (κ1) is 17.8. The Bertz CT molecular complexity index is 912. The number of piperazine rings is 1. The largest absolute Gasteiger partial charge is 0.491 e. The SMILES string of the molecule is Cc1cc(N2CCN(C)CC2)cc2[nH]c(-c3ccc(OCCO)cc3)nc12. The van der Waals surface area contributed by atoms with Gasteiger partial charge in [0.15, 0.2) is 0 Å². The molecule has 0 aliphatic carbocycles. The van der Waals surface area contributed by atoms with Crippen molar-refractivity contribution in [3.63, 3.8) is 0 Å². The molecule has 4 rings (SSSR count). The lowest BCUT2D eigenvalue weighted by Crippen LogP contribution is -2.44. The number of aromatic nitrogens is 2. The predicted molar refractivity (Wildman–Crippen MR) is 109 cm³/mol. The van der Waals surface area contributed by atoms with Gasteiger partial charge >= 0.3 is 0 Å². The highest BCUT2D eigenvalue weighted by Crippen LogP contribution is 2.28. The van der Waals surface area contributed by atoms with Crippen LogP contribution < -0.4 is 9.64 Å². The molecule has 1 saturated heterocycles. The molecule has 0 unspecified atom stereocenters. The van der Waals surface area contributed by atoms with Gasteiger partial charge < -0.3 is 24.6 Å². The van der Waals surface area contributed by atoms with Crippen molar-refractivity contribution >= 4 is 16.7 Å². The molecule has 0 amide bonds. The number of nitrogens with zero attached hydrogens (tertiary/aromatic N) is 3. The second kappa shape index (κ2) is 7.58.